The van der Waals surface area contributed by atoms with E-state index in [1.807, 2.05) is 62.4 Å². The molecule has 6 nitrogen and oxygen atoms in total. The fraction of sp³-hybridized carbons (Fsp3) is 0.429. The van der Waals surface area contributed by atoms with Crippen LogP contribution in [0.3, 0.4) is 0 Å². The van der Waals surface area contributed by atoms with Gasteiger partial charge in [0.2, 0.25) is 0 Å². The number of benzene rings is 4. The maximum atomic E-state index is 9.64. The van der Waals surface area contributed by atoms with E-state index in [4.69, 9.17) is 18.9 Å². The summed E-state index contributed by atoms with van der Waals surface area (Å²) in [5.41, 5.74) is 4.26. The maximum Gasteiger partial charge on any atom is 0.196 e. The van der Waals surface area contributed by atoms with E-state index in [0.717, 1.165) is 48.3 Å². The van der Waals surface area contributed by atoms with Crippen molar-refractivity contribution in [3.8, 4) is 23.0 Å². The van der Waals surface area contributed by atoms with Crippen molar-refractivity contribution in [3.05, 3.63) is 119 Å². The Hall–Kier alpha value is -4.00. The normalized spacial score (nSPS) is 18.2. The highest BCUT2D eigenvalue weighted by Gasteiger charge is 2.26. The van der Waals surface area contributed by atoms with Gasteiger partial charge in [-0.25, -0.2) is 0 Å². The number of aromatic hydroxyl groups is 2. The molecular weight excluding hydrogens is 600 g/mol. The van der Waals surface area contributed by atoms with Gasteiger partial charge in [-0.2, -0.15) is 0 Å². The number of phenolic OH excluding ortho intramolecular Hbond substituents is 2. The predicted octanol–water partition coefficient (Wildman–Crippen LogP) is 9.74. The molecule has 1 aliphatic rings. The molecule has 2 atom stereocenters. The van der Waals surface area contributed by atoms with Crippen LogP contribution in [0.25, 0.3) is 0 Å². The lowest BCUT2D eigenvalue weighted by Crippen LogP contribution is -2.27. The summed E-state index contributed by atoms with van der Waals surface area (Å²) in [5, 5.41) is 19.3. The molecule has 1 saturated carbocycles. The first-order valence-electron chi connectivity index (χ1n) is 17.3. The third-order valence-corrected chi connectivity index (χ3v) is 10.0. The van der Waals surface area contributed by atoms with E-state index in [1.165, 1.54) is 11.1 Å². The van der Waals surface area contributed by atoms with Gasteiger partial charge in [0.1, 0.15) is 23.0 Å². The maximum absolute atomic E-state index is 9.64. The van der Waals surface area contributed by atoms with Crippen molar-refractivity contribution < 1.29 is 29.2 Å². The number of ether oxygens (including phenoxy) is 4. The Morgan fingerprint density at radius 2 is 0.771 bits per heavy atom. The van der Waals surface area contributed by atoms with E-state index in [-0.39, 0.29) is 34.9 Å². The molecule has 4 aromatic carbocycles. The fourth-order valence-electron chi connectivity index (χ4n) is 6.55. The summed E-state index contributed by atoms with van der Waals surface area (Å²) in [6.07, 6.45) is 3.83. The Kier molecular flexibility index (Phi) is 11.4. The first-order chi connectivity index (χ1) is 22.9. The highest BCUT2D eigenvalue weighted by Crippen LogP contribution is 2.35. The molecule has 0 heterocycles. The third kappa shape index (κ3) is 9.12. The Balaban J connectivity index is 0.988. The molecule has 4 aromatic rings. The molecule has 5 rings (SSSR count). The number of hydrogen-bond acceptors (Lipinski definition) is 6. The summed E-state index contributed by atoms with van der Waals surface area (Å²) in [5.74, 6) is 3.18. The van der Waals surface area contributed by atoms with E-state index in [0.29, 0.717) is 25.0 Å². The summed E-state index contributed by atoms with van der Waals surface area (Å²) < 4.78 is 24.4. The van der Waals surface area contributed by atoms with Crippen LogP contribution in [0.5, 0.6) is 23.0 Å². The molecule has 2 unspecified atom stereocenters. The molecule has 6 heteroatoms. The summed E-state index contributed by atoms with van der Waals surface area (Å²) in [6.45, 7) is 14.0. The zero-order valence-corrected chi connectivity index (χ0v) is 29.3. The molecule has 0 bridgehead atoms. The average molecular weight is 653 g/mol. The van der Waals surface area contributed by atoms with Gasteiger partial charge >= 0.3 is 0 Å². The van der Waals surface area contributed by atoms with Crippen LogP contribution in [-0.2, 0) is 20.3 Å². The molecule has 0 aromatic heterocycles. The monoisotopic (exact) mass is 652 g/mol. The molecule has 0 radical (unpaired) electrons. The van der Waals surface area contributed by atoms with Gasteiger partial charge in [0.15, 0.2) is 12.6 Å². The van der Waals surface area contributed by atoms with Crippen LogP contribution in [0.1, 0.15) is 89.5 Å². The van der Waals surface area contributed by atoms with E-state index in [2.05, 4.69) is 52.0 Å². The molecule has 1 aliphatic carbocycles. The van der Waals surface area contributed by atoms with Crippen molar-refractivity contribution >= 4 is 0 Å². The Labute approximate surface area is 286 Å². The zero-order valence-electron chi connectivity index (χ0n) is 29.3. The molecule has 0 saturated heterocycles. The van der Waals surface area contributed by atoms with Gasteiger partial charge in [-0.05, 0) is 122 Å². The van der Waals surface area contributed by atoms with Crippen molar-refractivity contribution in [2.24, 2.45) is 11.8 Å². The van der Waals surface area contributed by atoms with Crippen LogP contribution in [0.15, 0.2) is 97.1 Å². The molecular formula is C42H52O6. The predicted molar refractivity (Wildman–Crippen MR) is 191 cm³/mol. The SMILES string of the molecule is CC(OCC1CCC(COC(C)Oc2ccc(C(C)(C)c3ccc(O)cc3)cc2)CC1)Oc1ccc(C(C)(C)c2ccc(O)cc2)cc1. The second-order valence-electron chi connectivity index (χ2n) is 14.3. The lowest BCUT2D eigenvalue weighted by molar-refractivity contribution is -0.0946. The molecule has 2 N–H and O–H groups in total. The van der Waals surface area contributed by atoms with Crippen molar-refractivity contribution in [3.63, 3.8) is 0 Å². The van der Waals surface area contributed by atoms with Crippen LogP contribution in [0.2, 0.25) is 0 Å². The van der Waals surface area contributed by atoms with Crippen LogP contribution in [-0.4, -0.2) is 36.0 Å². The Morgan fingerprint density at radius 3 is 1.06 bits per heavy atom. The fourth-order valence-corrected chi connectivity index (χ4v) is 6.55. The van der Waals surface area contributed by atoms with Crippen LogP contribution in [0, 0.1) is 11.8 Å². The van der Waals surface area contributed by atoms with E-state index in [9.17, 15) is 10.2 Å². The molecule has 1 fully saturated rings. The third-order valence-electron chi connectivity index (χ3n) is 10.0. The van der Waals surface area contributed by atoms with Gasteiger partial charge in [0.05, 0.1) is 13.2 Å². The second kappa shape index (κ2) is 15.5. The van der Waals surface area contributed by atoms with Gasteiger partial charge < -0.3 is 29.2 Å². The smallest absolute Gasteiger partial charge is 0.196 e. The largest absolute Gasteiger partial charge is 0.508 e. The van der Waals surface area contributed by atoms with Crippen molar-refractivity contribution in [2.75, 3.05) is 13.2 Å². The summed E-state index contributed by atoms with van der Waals surface area (Å²) in [7, 11) is 0. The zero-order chi connectivity index (χ0) is 34.3. The molecule has 256 valence electrons. The Morgan fingerprint density at radius 1 is 0.500 bits per heavy atom. The van der Waals surface area contributed by atoms with E-state index in [1.54, 1.807) is 24.3 Å². The summed E-state index contributed by atoms with van der Waals surface area (Å²) in [6, 6.07) is 31.2. The summed E-state index contributed by atoms with van der Waals surface area (Å²) >= 11 is 0. The van der Waals surface area contributed by atoms with Gasteiger partial charge in [-0.15, -0.1) is 0 Å². The minimum absolute atomic E-state index is 0.190. The van der Waals surface area contributed by atoms with E-state index >= 15 is 0 Å². The van der Waals surface area contributed by atoms with Gasteiger partial charge in [-0.1, -0.05) is 76.2 Å². The molecule has 0 aliphatic heterocycles. The van der Waals surface area contributed by atoms with Crippen LogP contribution in [0.4, 0.5) is 0 Å². The lowest BCUT2D eigenvalue weighted by Gasteiger charge is -2.30. The van der Waals surface area contributed by atoms with Crippen molar-refractivity contribution in [1.29, 1.82) is 0 Å². The first kappa shape index (κ1) is 35.3. The van der Waals surface area contributed by atoms with Gasteiger partial charge in [0.25, 0.3) is 0 Å². The van der Waals surface area contributed by atoms with Crippen molar-refractivity contribution in [2.45, 2.75) is 90.6 Å². The minimum atomic E-state index is -0.326. The number of hydrogen-bond donors (Lipinski definition) is 2. The van der Waals surface area contributed by atoms with E-state index < -0.39 is 0 Å². The van der Waals surface area contributed by atoms with Crippen molar-refractivity contribution in [1.82, 2.24) is 0 Å². The van der Waals surface area contributed by atoms with Crippen LogP contribution < -0.4 is 9.47 Å². The highest BCUT2D eigenvalue weighted by molar-refractivity contribution is 5.43. The Bertz CT molecular complexity index is 1430. The topological polar surface area (TPSA) is 77.4 Å². The summed E-state index contributed by atoms with van der Waals surface area (Å²) in [4.78, 5) is 0. The second-order valence-corrected chi connectivity index (χ2v) is 14.3. The minimum Gasteiger partial charge on any atom is -0.508 e. The number of phenols is 2. The average Bonchev–Trinajstić information content (AvgIpc) is 3.08. The lowest BCUT2D eigenvalue weighted by atomic mass is 9.78. The van der Waals surface area contributed by atoms with Gasteiger partial charge in [0, 0.05) is 10.8 Å². The number of rotatable bonds is 14. The standard InChI is InChI=1S/C42H52O6/c1-29(47-39-23-15-35(16-24-39)41(3,4)33-11-19-37(43)20-12-33)45-27-31-7-9-32(10-8-31)28-46-30(2)48-40-25-17-36(18-26-40)42(5,6)34-13-21-38(44)22-14-34/h11-26,29-32,43-44H,7-10,27-28H2,1-6H3. The molecule has 48 heavy (non-hydrogen) atoms. The highest BCUT2D eigenvalue weighted by atomic mass is 16.7. The molecule has 0 spiro atoms. The van der Waals surface area contributed by atoms with Crippen LogP contribution >= 0.6 is 0 Å². The molecule has 0 amide bonds. The first-order valence-corrected chi connectivity index (χ1v) is 17.3. The quantitative estimate of drug-likeness (QED) is 0.132. The van der Waals surface area contributed by atoms with Gasteiger partial charge in [-0.3, -0.25) is 0 Å².